The summed E-state index contributed by atoms with van der Waals surface area (Å²) < 4.78 is 53.1. The van der Waals surface area contributed by atoms with Gasteiger partial charge in [-0.25, -0.2) is 20.0 Å². The smallest absolute Gasteiger partial charge is 0.419 e. The molecule has 2 aromatic heterocycles. The Morgan fingerprint density at radius 1 is 1.19 bits per heavy atom. The van der Waals surface area contributed by atoms with Crippen molar-refractivity contribution in [2.75, 3.05) is 33.3 Å². The van der Waals surface area contributed by atoms with Gasteiger partial charge in [0.25, 0.3) is 5.91 Å². The third kappa shape index (κ3) is 4.59. The van der Waals surface area contributed by atoms with Crippen molar-refractivity contribution in [3.63, 3.8) is 0 Å². The van der Waals surface area contributed by atoms with E-state index in [0.29, 0.717) is 49.6 Å². The molecule has 0 aromatic carbocycles. The standard InChI is InChI=1S/C22H25F3N8O3/c1-30-18(3-6-29-30)21(34)31-7-4-14(9-31)36-19-15-10-32(8-5-17(15)26-12-27-19)33-11-16(22(23,24)25)20(35-2)28-13-33/h3,6,12-14H,4-5,7-11H2,1-2H3. The Balaban J connectivity index is 1.28. The molecule has 5 heterocycles. The van der Waals surface area contributed by atoms with Gasteiger partial charge in [-0.1, -0.05) is 0 Å². The highest BCUT2D eigenvalue weighted by Gasteiger charge is 2.41. The van der Waals surface area contributed by atoms with Crippen LogP contribution >= 0.6 is 0 Å². The SMILES string of the molecule is COC1=C(C(F)(F)F)CN(N2CCc3ncnc(OC4CCN(C(=O)c5ccnn5C)C4)c3C2)C=N1. The van der Waals surface area contributed by atoms with Gasteiger partial charge in [-0.15, -0.1) is 0 Å². The fourth-order valence-electron chi connectivity index (χ4n) is 4.56. The highest BCUT2D eigenvalue weighted by Crippen LogP contribution is 2.33. The molecule has 1 saturated heterocycles. The number of alkyl halides is 3. The summed E-state index contributed by atoms with van der Waals surface area (Å²) in [6, 6.07) is 1.67. The second-order valence-corrected chi connectivity index (χ2v) is 8.69. The highest BCUT2D eigenvalue weighted by molar-refractivity contribution is 5.92. The van der Waals surface area contributed by atoms with E-state index in [4.69, 9.17) is 9.47 Å². The summed E-state index contributed by atoms with van der Waals surface area (Å²) in [5.41, 5.74) is 1.15. The van der Waals surface area contributed by atoms with E-state index in [1.54, 1.807) is 29.2 Å². The molecular weight excluding hydrogens is 481 g/mol. The average Bonchev–Trinajstić information content (AvgIpc) is 3.51. The van der Waals surface area contributed by atoms with Crippen LogP contribution in [0, 0.1) is 0 Å². The number of hydrogen-bond donors (Lipinski definition) is 0. The number of aryl methyl sites for hydroxylation is 1. The van der Waals surface area contributed by atoms with Crippen molar-refractivity contribution in [3.05, 3.63) is 47.0 Å². The van der Waals surface area contributed by atoms with Gasteiger partial charge in [0.05, 0.1) is 38.0 Å². The number of hydrogen-bond acceptors (Lipinski definition) is 9. The van der Waals surface area contributed by atoms with Crippen LogP contribution < -0.4 is 4.74 Å². The first-order chi connectivity index (χ1) is 17.2. The van der Waals surface area contributed by atoms with E-state index >= 15 is 0 Å². The van der Waals surface area contributed by atoms with Crippen molar-refractivity contribution in [1.29, 1.82) is 0 Å². The second-order valence-electron chi connectivity index (χ2n) is 8.69. The largest absolute Gasteiger partial charge is 0.481 e. The average molecular weight is 506 g/mol. The monoisotopic (exact) mass is 506 g/mol. The minimum absolute atomic E-state index is 0.120. The molecule has 1 atom stereocenters. The molecule has 1 amide bonds. The molecule has 0 N–H and O–H groups in total. The predicted molar refractivity (Wildman–Crippen MR) is 120 cm³/mol. The lowest BCUT2D eigenvalue weighted by atomic mass is 10.1. The Kier molecular flexibility index (Phi) is 6.28. The van der Waals surface area contributed by atoms with Gasteiger partial charge < -0.3 is 14.4 Å². The molecule has 192 valence electrons. The van der Waals surface area contributed by atoms with Crippen LogP contribution in [0.25, 0.3) is 0 Å². The van der Waals surface area contributed by atoms with Gasteiger partial charge in [-0.05, 0) is 6.07 Å². The van der Waals surface area contributed by atoms with E-state index in [9.17, 15) is 18.0 Å². The quantitative estimate of drug-likeness (QED) is 0.602. The number of ether oxygens (including phenoxy) is 2. The number of methoxy groups -OCH3 is 1. The lowest BCUT2D eigenvalue weighted by Gasteiger charge is -2.38. The number of hydrazine groups is 1. The first-order valence-electron chi connectivity index (χ1n) is 11.4. The summed E-state index contributed by atoms with van der Waals surface area (Å²) in [6.07, 6.45) is 0.649. The molecule has 5 rings (SSSR count). The summed E-state index contributed by atoms with van der Waals surface area (Å²) in [7, 11) is 2.88. The maximum absolute atomic E-state index is 13.5. The van der Waals surface area contributed by atoms with Crippen molar-refractivity contribution < 1.29 is 27.4 Å². The first-order valence-corrected chi connectivity index (χ1v) is 11.4. The summed E-state index contributed by atoms with van der Waals surface area (Å²) in [5.74, 6) is -0.178. The number of likely N-dealkylation sites (tertiary alicyclic amines) is 1. The van der Waals surface area contributed by atoms with E-state index < -0.39 is 24.2 Å². The Hall–Kier alpha value is -3.68. The lowest BCUT2D eigenvalue weighted by Crippen LogP contribution is -2.48. The number of carbonyl (C=O) groups excluding carboxylic acids is 1. The Morgan fingerprint density at radius 3 is 2.75 bits per heavy atom. The van der Waals surface area contributed by atoms with Crippen LogP contribution in [0.15, 0.2) is 35.0 Å². The molecule has 3 aliphatic rings. The molecule has 1 fully saturated rings. The fourth-order valence-corrected chi connectivity index (χ4v) is 4.56. The van der Waals surface area contributed by atoms with E-state index in [-0.39, 0.29) is 18.6 Å². The van der Waals surface area contributed by atoms with E-state index in [1.807, 2.05) is 0 Å². The van der Waals surface area contributed by atoms with Crippen molar-refractivity contribution in [2.24, 2.45) is 12.0 Å². The van der Waals surface area contributed by atoms with Gasteiger partial charge in [0.2, 0.25) is 11.8 Å². The lowest BCUT2D eigenvalue weighted by molar-refractivity contribution is -0.105. The maximum atomic E-state index is 13.5. The van der Waals surface area contributed by atoms with Crippen molar-refractivity contribution >= 4 is 12.2 Å². The van der Waals surface area contributed by atoms with Crippen LogP contribution in [0.4, 0.5) is 13.2 Å². The van der Waals surface area contributed by atoms with Crippen molar-refractivity contribution in [1.82, 2.24) is 34.7 Å². The fraction of sp³-hybridized carbons (Fsp3) is 0.500. The van der Waals surface area contributed by atoms with E-state index in [1.165, 1.54) is 29.5 Å². The number of aliphatic imine (C=N–C) groups is 1. The van der Waals surface area contributed by atoms with Gasteiger partial charge in [-0.2, -0.15) is 18.3 Å². The Bertz CT molecular complexity index is 1210. The third-order valence-corrected chi connectivity index (χ3v) is 6.48. The van der Waals surface area contributed by atoms with Crippen LogP contribution in [0.5, 0.6) is 5.88 Å². The molecule has 36 heavy (non-hydrogen) atoms. The number of fused-ring (bicyclic) bond motifs is 1. The molecule has 1 unspecified atom stereocenters. The molecule has 0 bridgehead atoms. The molecule has 0 aliphatic carbocycles. The van der Waals surface area contributed by atoms with Gasteiger partial charge >= 0.3 is 6.18 Å². The molecule has 3 aliphatic heterocycles. The minimum atomic E-state index is -4.56. The number of carbonyl (C=O) groups is 1. The molecule has 0 spiro atoms. The molecule has 0 radical (unpaired) electrons. The normalized spacial score (nSPS) is 20.6. The number of nitrogens with zero attached hydrogens (tertiary/aromatic N) is 8. The molecule has 0 saturated carbocycles. The zero-order chi connectivity index (χ0) is 25.4. The van der Waals surface area contributed by atoms with Crippen LogP contribution in [-0.4, -0.2) is 92.5 Å². The summed E-state index contributed by atoms with van der Waals surface area (Å²) in [5, 5.41) is 7.23. The Labute approximate surface area is 204 Å². The third-order valence-electron chi connectivity index (χ3n) is 6.48. The zero-order valence-electron chi connectivity index (χ0n) is 19.8. The van der Waals surface area contributed by atoms with Gasteiger partial charge in [0.1, 0.15) is 30.0 Å². The molecular formula is C22H25F3N8O3. The van der Waals surface area contributed by atoms with Gasteiger partial charge in [-0.3, -0.25) is 14.5 Å². The summed E-state index contributed by atoms with van der Waals surface area (Å²) in [4.78, 5) is 27.0. The van der Waals surface area contributed by atoms with E-state index in [0.717, 1.165) is 5.69 Å². The number of rotatable bonds is 5. The number of amides is 1. The summed E-state index contributed by atoms with van der Waals surface area (Å²) in [6.45, 7) is 1.23. The van der Waals surface area contributed by atoms with Crippen molar-refractivity contribution in [2.45, 2.75) is 31.7 Å². The second kappa shape index (κ2) is 9.41. The van der Waals surface area contributed by atoms with Crippen molar-refractivity contribution in [3.8, 4) is 5.88 Å². The van der Waals surface area contributed by atoms with E-state index in [2.05, 4.69) is 20.1 Å². The molecule has 2 aromatic rings. The van der Waals surface area contributed by atoms with Crippen LogP contribution in [0.3, 0.4) is 0 Å². The Morgan fingerprint density at radius 2 is 2.03 bits per heavy atom. The predicted octanol–water partition coefficient (Wildman–Crippen LogP) is 1.54. The summed E-state index contributed by atoms with van der Waals surface area (Å²) >= 11 is 0. The minimum Gasteiger partial charge on any atom is -0.481 e. The van der Waals surface area contributed by atoms with Crippen LogP contribution in [0.2, 0.25) is 0 Å². The maximum Gasteiger partial charge on any atom is 0.419 e. The van der Waals surface area contributed by atoms with Gasteiger partial charge in [0, 0.05) is 39.2 Å². The number of halogens is 3. The topological polar surface area (TPSA) is 101 Å². The highest BCUT2D eigenvalue weighted by atomic mass is 19.4. The van der Waals surface area contributed by atoms with Crippen LogP contribution in [0.1, 0.15) is 28.2 Å². The van der Waals surface area contributed by atoms with Crippen LogP contribution in [-0.2, 0) is 24.8 Å². The molecule has 11 nitrogen and oxygen atoms in total. The first kappa shape index (κ1) is 24.0. The zero-order valence-corrected chi connectivity index (χ0v) is 19.8. The molecule has 14 heteroatoms. The van der Waals surface area contributed by atoms with Gasteiger partial charge in [0.15, 0.2) is 0 Å². The number of aromatic nitrogens is 4.